The average molecular weight is 210 g/mol. The van der Waals surface area contributed by atoms with Crippen LogP contribution in [0.15, 0.2) is 16.4 Å². The Bertz CT molecular complexity index is 489. The average Bonchev–Trinajstić information content (AvgIpc) is 2.63. The topological polar surface area (TPSA) is 59.3 Å². The molecule has 0 aliphatic rings. The van der Waals surface area contributed by atoms with Crippen LogP contribution in [-0.2, 0) is 6.54 Å². The molecule has 0 aliphatic carbocycles. The van der Waals surface area contributed by atoms with E-state index in [0.717, 1.165) is 12.2 Å². The van der Waals surface area contributed by atoms with Gasteiger partial charge in [-0.05, 0) is 6.54 Å². The predicted octanol–water partition coefficient (Wildman–Crippen LogP) is 0.260. The standard InChI is InChI=1S/C8H10N4OS/c1-2-9-4-6-3-7(13)12-8(11-6)14-5-10-12/h3,5,9H,2,4H2,1H3. The van der Waals surface area contributed by atoms with Crippen molar-refractivity contribution < 1.29 is 0 Å². The van der Waals surface area contributed by atoms with Crippen molar-refractivity contribution in [2.24, 2.45) is 0 Å². The zero-order valence-corrected chi connectivity index (χ0v) is 8.54. The molecule has 0 amide bonds. The molecule has 2 aromatic heterocycles. The molecule has 1 N–H and O–H groups in total. The molecule has 2 aromatic rings. The van der Waals surface area contributed by atoms with E-state index in [1.54, 1.807) is 5.51 Å². The maximum Gasteiger partial charge on any atom is 0.275 e. The largest absolute Gasteiger partial charge is 0.311 e. The fourth-order valence-corrected chi connectivity index (χ4v) is 1.79. The molecule has 0 aromatic carbocycles. The molecule has 0 saturated carbocycles. The number of nitrogens with one attached hydrogen (secondary N) is 1. The molecule has 0 saturated heterocycles. The summed E-state index contributed by atoms with van der Waals surface area (Å²) < 4.78 is 1.31. The molecule has 2 heterocycles. The Morgan fingerprint density at radius 2 is 2.50 bits per heavy atom. The van der Waals surface area contributed by atoms with E-state index in [2.05, 4.69) is 15.4 Å². The van der Waals surface area contributed by atoms with E-state index in [4.69, 9.17) is 0 Å². The van der Waals surface area contributed by atoms with Crippen LogP contribution in [-0.4, -0.2) is 21.1 Å². The van der Waals surface area contributed by atoms with Crippen LogP contribution >= 0.6 is 11.3 Å². The molecule has 6 heteroatoms. The van der Waals surface area contributed by atoms with E-state index in [1.807, 2.05) is 6.92 Å². The molecule has 0 atom stereocenters. The minimum Gasteiger partial charge on any atom is -0.311 e. The lowest BCUT2D eigenvalue weighted by atomic mass is 10.4. The Labute approximate surface area is 84.4 Å². The highest BCUT2D eigenvalue weighted by Crippen LogP contribution is 2.03. The first-order valence-corrected chi connectivity index (χ1v) is 5.22. The quantitative estimate of drug-likeness (QED) is 0.789. The second-order valence-corrected chi connectivity index (χ2v) is 3.61. The number of nitrogens with zero attached hydrogens (tertiary/aromatic N) is 3. The van der Waals surface area contributed by atoms with Crippen LogP contribution in [0.4, 0.5) is 0 Å². The Morgan fingerprint density at radius 3 is 3.29 bits per heavy atom. The Hall–Kier alpha value is -1.27. The zero-order valence-electron chi connectivity index (χ0n) is 7.73. The molecular formula is C8H10N4OS. The number of fused-ring (bicyclic) bond motifs is 1. The van der Waals surface area contributed by atoms with Gasteiger partial charge in [0.1, 0.15) is 5.51 Å². The minimum absolute atomic E-state index is 0.121. The van der Waals surface area contributed by atoms with Crippen molar-refractivity contribution in [2.75, 3.05) is 6.54 Å². The Kier molecular flexibility index (Phi) is 2.55. The maximum atomic E-state index is 11.5. The fraction of sp³-hybridized carbons (Fsp3) is 0.375. The van der Waals surface area contributed by atoms with Crippen molar-refractivity contribution >= 4 is 16.3 Å². The molecule has 0 fully saturated rings. The van der Waals surface area contributed by atoms with Gasteiger partial charge < -0.3 is 5.32 Å². The minimum atomic E-state index is -0.121. The normalized spacial score (nSPS) is 10.9. The van der Waals surface area contributed by atoms with Gasteiger partial charge in [0.25, 0.3) is 5.56 Å². The molecule has 5 nitrogen and oxygen atoms in total. The van der Waals surface area contributed by atoms with Crippen LogP contribution < -0.4 is 10.9 Å². The zero-order chi connectivity index (χ0) is 9.97. The van der Waals surface area contributed by atoms with Crippen LogP contribution in [0, 0.1) is 0 Å². The van der Waals surface area contributed by atoms with E-state index in [0.29, 0.717) is 11.5 Å². The lowest BCUT2D eigenvalue weighted by Gasteiger charge is -1.99. The number of aromatic nitrogens is 3. The summed E-state index contributed by atoms with van der Waals surface area (Å²) in [7, 11) is 0. The summed E-state index contributed by atoms with van der Waals surface area (Å²) in [6, 6.07) is 1.51. The lowest BCUT2D eigenvalue weighted by molar-refractivity contribution is 0.706. The highest BCUT2D eigenvalue weighted by Gasteiger charge is 2.02. The first-order chi connectivity index (χ1) is 6.81. The summed E-state index contributed by atoms with van der Waals surface area (Å²) in [5.41, 5.74) is 2.26. The highest BCUT2D eigenvalue weighted by atomic mass is 32.1. The van der Waals surface area contributed by atoms with Crippen molar-refractivity contribution in [3.8, 4) is 0 Å². The third kappa shape index (κ3) is 1.66. The van der Waals surface area contributed by atoms with Crippen LogP contribution in [0.25, 0.3) is 4.96 Å². The summed E-state index contributed by atoms with van der Waals surface area (Å²) in [6.07, 6.45) is 0. The maximum absolute atomic E-state index is 11.5. The van der Waals surface area contributed by atoms with Crippen LogP contribution in [0.1, 0.15) is 12.6 Å². The second kappa shape index (κ2) is 3.85. The van der Waals surface area contributed by atoms with Crippen molar-refractivity contribution in [2.45, 2.75) is 13.5 Å². The third-order valence-electron chi connectivity index (χ3n) is 1.80. The van der Waals surface area contributed by atoms with Crippen molar-refractivity contribution in [3.63, 3.8) is 0 Å². The molecule has 14 heavy (non-hydrogen) atoms. The molecular weight excluding hydrogens is 200 g/mol. The smallest absolute Gasteiger partial charge is 0.275 e. The second-order valence-electron chi connectivity index (χ2n) is 2.80. The van der Waals surface area contributed by atoms with Gasteiger partial charge in [0.05, 0.1) is 5.69 Å². The van der Waals surface area contributed by atoms with E-state index < -0.39 is 0 Å². The summed E-state index contributed by atoms with van der Waals surface area (Å²) in [5.74, 6) is 0. The molecule has 0 aliphatic heterocycles. The van der Waals surface area contributed by atoms with Gasteiger partial charge in [-0.2, -0.15) is 9.61 Å². The number of hydrogen-bond acceptors (Lipinski definition) is 5. The van der Waals surface area contributed by atoms with Gasteiger partial charge in [0.2, 0.25) is 4.96 Å². The predicted molar refractivity (Wildman–Crippen MR) is 54.5 cm³/mol. The molecule has 2 rings (SSSR count). The molecule has 0 bridgehead atoms. The van der Waals surface area contributed by atoms with Crippen molar-refractivity contribution in [3.05, 3.63) is 27.6 Å². The summed E-state index contributed by atoms with van der Waals surface area (Å²) in [5, 5.41) is 7.00. The summed E-state index contributed by atoms with van der Waals surface area (Å²) in [6.45, 7) is 3.50. The fourth-order valence-electron chi connectivity index (χ4n) is 1.14. The van der Waals surface area contributed by atoms with Gasteiger partial charge >= 0.3 is 0 Å². The number of hydrogen-bond donors (Lipinski definition) is 1. The van der Waals surface area contributed by atoms with Crippen LogP contribution in [0.2, 0.25) is 0 Å². The van der Waals surface area contributed by atoms with Gasteiger partial charge in [-0.25, -0.2) is 4.98 Å². The lowest BCUT2D eigenvalue weighted by Crippen LogP contribution is -2.19. The van der Waals surface area contributed by atoms with E-state index in [-0.39, 0.29) is 5.56 Å². The Balaban J connectivity index is 2.43. The first kappa shape index (κ1) is 9.29. The van der Waals surface area contributed by atoms with E-state index >= 15 is 0 Å². The molecule has 0 radical (unpaired) electrons. The SMILES string of the molecule is CCNCc1cc(=O)n2ncsc2n1. The molecule has 74 valence electrons. The van der Waals surface area contributed by atoms with Gasteiger partial charge in [-0.1, -0.05) is 18.3 Å². The monoisotopic (exact) mass is 210 g/mol. The van der Waals surface area contributed by atoms with Crippen molar-refractivity contribution in [1.82, 2.24) is 19.9 Å². The van der Waals surface area contributed by atoms with Crippen LogP contribution in [0.5, 0.6) is 0 Å². The van der Waals surface area contributed by atoms with Gasteiger partial charge in [0.15, 0.2) is 0 Å². The Morgan fingerprint density at radius 1 is 1.64 bits per heavy atom. The highest BCUT2D eigenvalue weighted by molar-refractivity contribution is 7.14. The van der Waals surface area contributed by atoms with E-state index in [9.17, 15) is 4.79 Å². The van der Waals surface area contributed by atoms with Gasteiger partial charge in [-0.15, -0.1) is 0 Å². The molecule has 0 spiro atoms. The molecule has 0 unspecified atom stereocenters. The summed E-state index contributed by atoms with van der Waals surface area (Å²) >= 11 is 1.36. The van der Waals surface area contributed by atoms with Gasteiger partial charge in [-0.3, -0.25) is 4.79 Å². The first-order valence-electron chi connectivity index (χ1n) is 4.34. The number of rotatable bonds is 3. The van der Waals surface area contributed by atoms with Gasteiger partial charge in [0, 0.05) is 12.6 Å². The summed E-state index contributed by atoms with van der Waals surface area (Å²) in [4.78, 5) is 16.4. The third-order valence-corrected chi connectivity index (χ3v) is 2.47. The van der Waals surface area contributed by atoms with Crippen LogP contribution in [0.3, 0.4) is 0 Å². The van der Waals surface area contributed by atoms with E-state index in [1.165, 1.54) is 21.9 Å². The van der Waals surface area contributed by atoms with Crippen molar-refractivity contribution in [1.29, 1.82) is 0 Å².